The topological polar surface area (TPSA) is 50.7 Å². The van der Waals surface area contributed by atoms with E-state index in [1.54, 1.807) is 6.07 Å². The lowest BCUT2D eigenvalue weighted by atomic mass is 10.2. The van der Waals surface area contributed by atoms with Gasteiger partial charge in [0.15, 0.2) is 0 Å². The maximum absolute atomic E-state index is 13.5. The number of nitrogens with one attached hydrogen (secondary N) is 1. The molecule has 5 heteroatoms. The lowest BCUT2D eigenvalue weighted by Crippen LogP contribution is -2.35. The number of ether oxygens (including phenoxy) is 1. The maximum Gasteiger partial charge on any atom is 0.292 e. The van der Waals surface area contributed by atoms with Crippen molar-refractivity contribution in [3.8, 4) is 0 Å². The summed E-state index contributed by atoms with van der Waals surface area (Å²) < 4.78 is 19.0. The molecule has 0 fully saturated rings. The largest absolute Gasteiger partial charge is 0.462 e. The van der Waals surface area contributed by atoms with Crippen LogP contribution in [0.2, 0.25) is 0 Å². The Labute approximate surface area is 119 Å². The van der Waals surface area contributed by atoms with Gasteiger partial charge in [-0.3, -0.25) is 10.1 Å². The van der Waals surface area contributed by atoms with Gasteiger partial charge in [0.05, 0.1) is 17.7 Å². The zero-order valence-electron chi connectivity index (χ0n) is 12.3. The smallest absolute Gasteiger partial charge is 0.292 e. The van der Waals surface area contributed by atoms with E-state index in [4.69, 9.17) is 4.74 Å². The number of carbonyl (C=O) groups is 1. The molecule has 0 heterocycles. The first-order valence-electron chi connectivity index (χ1n) is 6.74. The van der Waals surface area contributed by atoms with Gasteiger partial charge in [-0.15, -0.1) is 0 Å². The van der Waals surface area contributed by atoms with Gasteiger partial charge < -0.3 is 4.74 Å². The van der Waals surface area contributed by atoms with Gasteiger partial charge in [-0.25, -0.2) is 9.38 Å². The van der Waals surface area contributed by atoms with Gasteiger partial charge in [0.25, 0.3) is 11.9 Å². The third-order valence-corrected chi connectivity index (χ3v) is 2.61. The zero-order chi connectivity index (χ0) is 15.1. The van der Waals surface area contributed by atoms with E-state index in [0.29, 0.717) is 0 Å². The monoisotopic (exact) mass is 280 g/mol. The molecular weight excluding hydrogens is 259 g/mol. The lowest BCUT2D eigenvalue weighted by Gasteiger charge is -2.15. The number of nitrogens with zero attached hydrogens (tertiary/aromatic N) is 1. The van der Waals surface area contributed by atoms with Crippen LogP contribution < -0.4 is 5.32 Å². The van der Waals surface area contributed by atoms with Crippen LogP contribution in [0, 0.1) is 5.82 Å². The van der Waals surface area contributed by atoms with Gasteiger partial charge >= 0.3 is 0 Å². The van der Waals surface area contributed by atoms with Crippen molar-refractivity contribution in [2.24, 2.45) is 4.99 Å². The standard InChI is InChI=1S/C15H21FN2O2/c1-5-11(4)17-15(20-10(2)3)18-14(19)12-8-6-7-9-13(12)16/h6-11H,5H2,1-4H3,(H,17,18,19)/t11-/m0/s1. The van der Waals surface area contributed by atoms with Gasteiger partial charge in [0, 0.05) is 0 Å². The van der Waals surface area contributed by atoms with Crippen LogP contribution >= 0.6 is 0 Å². The minimum absolute atomic E-state index is 0.0182. The van der Waals surface area contributed by atoms with Crippen molar-refractivity contribution in [1.82, 2.24) is 5.32 Å². The molecule has 20 heavy (non-hydrogen) atoms. The van der Waals surface area contributed by atoms with E-state index in [0.717, 1.165) is 6.42 Å². The zero-order valence-corrected chi connectivity index (χ0v) is 12.3. The number of hydrogen-bond donors (Lipinski definition) is 1. The summed E-state index contributed by atoms with van der Waals surface area (Å²) in [6.45, 7) is 7.57. The quantitative estimate of drug-likeness (QED) is 0.680. The van der Waals surface area contributed by atoms with Crippen molar-refractivity contribution in [3.05, 3.63) is 35.6 Å². The Balaban J connectivity index is 2.87. The maximum atomic E-state index is 13.5. The number of carbonyl (C=O) groups excluding carboxylic acids is 1. The molecule has 1 aromatic rings. The normalized spacial score (nSPS) is 13.2. The molecule has 4 nitrogen and oxygen atoms in total. The number of amidine groups is 1. The molecule has 1 rings (SSSR count). The molecule has 0 saturated carbocycles. The second-order valence-electron chi connectivity index (χ2n) is 4.79. The van der Waals surface area contributed by atoms with Crippen molar-refractivity contribution in [2.45, 2.75) is 46.3 Å². The Morgan fingerprint density at radius 3 is 2.55 bits per heavy atom. The fraction of sp³-hybridized carbons (Fsp3) is 0.467. The third kappa shape index (κ3) is 4.99. The summed E-state index contributed by atoms with van der Waals surface area (Å²) >= 11 is 0. The summed E-state index contributed by atoms with van der Waals surface area (Å²) in [5.41, 5.74) is -0.0308. The fourth-order valence-electron chi connectivity index (χ4n) is 1.42. The van der Waals surface area contributed by atoms with Crippen molar-refractivity contribution >= 4 is 11.9 Å². The van der Waals surface area contributed by atoms with E-state index < -0.39 is 11.7 Å². The molecule has 1 N–H and O–H groups in total. The van der Waals surface area contributed by atoms with Crippen LogP contribution in [0.25, 0.3) is 0 Å². The van der Waals surface area contributed by atoms with E-state index in [1.165, 1.54) is 18.2 Å². The average molecular weight is 280 g/mol. The summed E-state index contributed by atoms with van der Waals surface area (Å²) in [5, 5.41) is 2.52. The number of amides is 1. The minimum atomic E-state index is -0.572. The molecule has 1 aromatic carbocycles. The predicted octanol–water partition coefficient (Wildman–Crippen LogP) is 3.14. The fourth-order valence-corrected chi connectivity index (χ4v) is 1.42. The van der Waals surface area contributed by atoms with Gasteiger partial charge in [-0.1, -0.05) is 19.1 Å². The van der Waals surface area contributed by atoms with E-state index in [2.05, 4.69) is 10.3 Å². The second-order valence-corrected chi connectivity index (χ2v) is 4.79. The first-order chi connectivity index (χ1) is 9.43. The van der Waals surface area contributed by atoms with Crippen LogP contribution in [-0.4, -0.2) is 24.1 Å². The Hall–Kier alpha value is -1.91. The molecule has 0 bridgehead atoms. The molecule has 0 spiro atoms. The molecule has 0 aliphatic carbocycles. The van der Waals surface area contributed by atoms with E-state index >= 15 is 0 Å². The molecule has 1 atom stereocenters. The van der Waals surface area contributed by atoms with Crippen LogP contribution in [0.4, 0.5) is 4.39 Å². The second kappa shape index (κ2) is 7.62. The average Bonchev–Trinajstić information content (AvgIpc) is 2.38. The summed E-state index contributed by atoms with van der Waals surface area (Å²) in [6, 6.07) is 5.94. The molecule has 0 saturated heterocycles. The number of benzene rings is 1. The van der Waals surface area contributed by atoms with Crippen LogP contribution in [0.1, 0.15) is 44.5 Å². The Kier molecular flexibility index (Phi) is 6.15. The van der Waals surface area contributed by atoms with Crippen LogP contribution in [-0.2, 0) is 4.74 Å². The lowest BCUT2D eigenvalue weighted by molar-refractivity contribution is 0.0955. The van der Waals surface area contributed by atoms with Crippen LogP contribution in [0.3, 0.4) is 0 Å². The minimum Gasteiger partial charge on any atom is -0.462 e. The summed E-state index contributed by atoms with van der Waals surface area (Å²) in [5.74, 6) is -1.14. The van der Waals surface area contributed by atoms with Gasteiger partial charge in [0.2, 0.25) is 0 Å². The van der Waals surface area contributed by atoms with E-state index in [9.17, 15) is 9.18 Å². The Bertz CT molecular complexity index is 487. The van der Waals surface area contributed by atoms with Crippen molar-refractivity contribution < 1.29 is 13.9 Å². The number of rotatable bonds is 4. The third-order valence-electron chi connectivity index (χ3n) is 2.61. The highest BCUT2D eigenvalue weighted by Crippen LogP contribution is 2.06. The molecule has 1 amide bonds. The van der Waals surface area contributed by atoms with Crippen LogP contribution in [0.15, 0.2) is 29.3 Å². The van der Waals surface area contributed by atoms with E-state index in [-0.39, 0.29) is 23.7 Å². The molecular formula is C15H21FN2O2. The highest BCUT2D eigenvalue weighted by molar-refractivity contribution is 6.04. The first-order valence-corrected chi connectivity index (χ1v) is 6.74. The number of aliphatic imine (C=N–C) groups is 1. The van der Waals surface area contributed by atoms with E-state index in [1.807, 2.05) is 27.7 Å². The van der Waals surface area contributed by atoms with Crippen molar-refractivity contribution in [2.75, 3.05) is 0 Å². The van der Waals surface area contributed by atoms with Gasteiger partial charge in [-0.2, -0.15) is 0 Å². The molecule has 0 aliphatic heterocycles. The predicted molar refractivity (Wildman–Crippen MR) is 77.3 cm³/mol. The Morgan fingerprint density at radius 1 is 1.35 bits per heavy atom. The molecule has 110 valence electrons. The van der Waals surface area contributed by atoms with Crippen molar-refractivity contribution in [1.29, 1.82) is 0 Å². The van der Waals surface area contributed by atoms with Crippen LogP contribution in [0.5, 0.6) is 0 Å². The highest BCUT2D eigenvalue weighted by atomic mass is 19.1. The summed E-state index contributed by atoms with van der Waals surface area (Å²) in [6.07, 6.45) is 0.694. The summed E-state index contributed by atoms with van der Waals surface area (Å²) in [7, 11) is 0. The number of hydrogen-bond acceptors (Lipinski definition) is 3. The molecule has 0 unspecified atom stereocenters. The van der Waals surface area contributed by atoms with Gasteiger partial charge in [-0.05, 0) is 39.3 Å². The number of halogens is 1. The van der Waals surface area contributed by atoms with Crippen molar-refractivity contribution in [3.63, 3.8) is 0 Å². The summed E-state index contributed by atoms with van der Waals surface area (Å²) in [4.78, 5) is 16.3. The Morgan fingerprint density at radius 2 is 2.00 bits per heavy atom. The highest BCUT2D eigenvalue weighted by Gasteiger charge is 2.15. The van der Waals surface area contributed by atoms with Gasteiger partial charge in [0.1, 0.15) is 5.82 Å². The molecule has 0 aliphatic rings. The molecule has 0 radical (unpaired) electrons. The SMILES string of the molecule is CC[C@H](C)N=C(NC(=O)c1ccccc1F)OC(C)C. The molecule has 0 aromatic heterocycles. The first kappa shape index (κ1) is 16.1.